The fourth-order valence-electron chi connectivity index (χ4n) is 1.78. The highest BCUT2D eigenvalue weighted by Crippen LogP contribution is 2.03. The molecule has 0 bridgehead atoms. The summed E-state index contributed by atoms with van der Waals surface area (Å²) in [6.07, 6.45) is 7.97. The zero-order chi connectivity index (χ0) is 14.0. The number of hydrogen-bond donors (Lipinski definition) is 0. The molecule has 0 saturated carbocycles. The third-order valence-corrected chi connectivity index (χ3v) is 3.91. The van der Waals surface area contributed by atoms with Gasteiger partial charge in [-0.15, -0.1) is 0 Å². The molecule has 2 aromatic rings. The molecule has 0 heterocycles. The first-order valence-electron chi connectivity index (χ1n) is 6.63. The summed E-state index contributed by atoms with van der Waals surface area (Å²) in [5, 5.41) is 0. The van der Waals surface area contributed by atoms with Gasteiger partial charge < -0.3 is 0 Å². The standard InChI is InChI=1S/C18H18OS/c19-20(15-7-13-17-9-3-1-4-10-17)16-8-14-18-11-5-2-6-12-18/h1-14H,15-16H2. The van der Waals surface area contributed by atoms with Gasteiger partial charge in [0, 0.05) is 22.3 Å². The average molecular weight is 282 g/mol. The second-order valence-corrected chi connectivity index (χ2v) is 5.95. The lowest BCUT2D eigenvalue weighted by Gasteiger charge is -1.95. The molecule has 20 heavy (non-hydrogen) atoms. The Morgan fingerprint density at radius 1 is 0.700 bits per heavy atom. The van der Waals surface area contributed by atoms with Gasteiger partial charge >= 0.3 is 0 Å². The Bertz CT molecular complexity index is 532. The first-order chi connectivity index (χ1) is 9.84. The summed E-state index contributed by atoms with van der Waals surface area (Å²) in [5.41, 5.74) is 2.29. The molecule has 0 aliphatic carbocycles. The zero-order valence-corrected chi connectivity index (χ0v) is 12.1. The highest BCUT2D eigenvalue weighted by Gasteiger charge is 1.93. The Morgan fingerprint density at radius 3 is 1.50 bits per heavy atom. The fourth-order valence-corrected chi connectivity index (χ4v) is 2.54. The minimum absolute atomic E-state index is 0.591. The van der Waals surface area contributed by atoms with Gasteiger partial charge in [0.15, 0.2) is 0 Å². The first kappa shape index (κ1) is 14.5. The number of hydrogen-bond acceptors (Lipinski definition) is 1. The minimum atomic E-state index is -0.841. The van der Waals surface area contributed by atoms with Crippen molar-refractivity contribution in [2.45, 2.75) is 0 Å². The van der Waals surface area contributed by atoms with Gasteiger partial charge in [-0.1, -0.05) is 85.0 Å². The van der Waals surface area contributed by atoms with Crippen LogP contribution in [-0.4, -0.2) is 15.7 Å². The number of rotatable bonds is 6. The minimum Gasteiger partial charge on any atom is -0.259 e. The third-order valence-electron chi connectivity index (χ3n) is 2.78. The van der Waals surface area contributed by atoms with Gasteiger partial charge in [0.05, 0.1) is 0 Å². The van der Waals surface area contributed by atoms with Crippen LogP contribution >= 0.6 is 0 Å². The topological polar surface area (TPSA) is 17.1 Å². The Kier molecular flexibility index (Phi) is 6.00. The van der Waals surface area contributed by atoms with Crippen LogP contribution in [0, 0.1) is 0 Å². The van der Waals surface area contributed by atoms with E-state index in [1.165, 1.54) is 0 Å². The van der Waals surface area contributed by atoms with Crippen LogP contribution in [0.1, 0.15) is 11.1 Å². The SMILES string of the molecule is O=S(CC=Cc1ccccc1)CC=Cc1ccccc1. The zero-order valence-electron chi connectivity index (χ0n) is 11.3. The quantitative estimate of drug-likeness (QED) is 0.777. The van der Waals surface area contributed by atoms with E-state index in [-0.39, 0.29) is 0 Å². The van der Waals surface area contributed by atoms with Crippen molar-refractivity contribution in [3.63, 3.8) is 0 Å². The van der Waals surface area contributed by atoms with Crippen LogP contribution in [-0.2, 0) is 10.8 Å². The molecule has 2 aromatic carbocycles. The summed E-state index contributed by atoms with van der Waals surface area (Å²) in [6, 6.07) is 20.1. The van der Waals surface area contributed by atoms with Crippen molar-refractivity contribution in [2.24, 2.45) is 0 Å². The maximum atomic E-state index is 11.8. The van der Waals surface area contributed by atoms with Crippen molar-refractivity contribution in [1.29, 1.82) is 0 Å². The van der Waals surface area contributed by atoms with Crippen molar-refractivity contribution < 1.29 is 4.21 Å². The summed E-state index contributed by atoms with van der Waals surface area (Å²) < 4.78 is 11.8. The van der Waals surface area contributed by atoms with Gasteiger partial charge in [0.2, 0.25) is 0 Å². The molecule has 0 aliphatic heterocycles. The van der Waals surface area contributed by atoms with Gasteiger partial charge in [-0.3, -0.25) is 4.21 Å². The Labute approximate surface area is 123 Å². The van der Waals surface area contributed by atoms with E-state index in [9.17, 15) is 4.21 Å². The molecule has 0 spiro atoms. The molecule has 1 nitrogen and oxygen atoms in total. The molecule has 0 radical (unpaired) electrons. The van der Waals surface area contributed by atoms with Crippen LogP contribution in [0.25, 0.3) is 12.2 Å². The molecule has 0 aromatic heterocycles. The summed E-state index contributed by atoms with van der Waals surface area (Å²) in [4.78, 5) is 0. The smallest absolute Gasteiger partial charge is 0.0421 e. The maximum absolute atomic E-state index is 11.8. The van der Waals surface area contributed by atoms with Gasteiger partial charge in [0.1, 0.15) is 0 Å². The predicted octanol–water partition coefficient (Wildman–Crippen LogP) is 4.16. The van der Waals surface area contributed by atoms with E-state index in [0.29, 0.717) is 11.5 Å². The second kappa shape index (κ2) is 8.28. The van der Waals surface area contributed by atoms with E-state index in [0.717, 1.165) is 11.1 Å². The molecule has 102 valence electrons. The highest BCUT2D eigenvalue weighted by molar-refractivity contribution is 7.85. The van der Waals surface area contributed by atoms with Crippen molar-refractivity contribution >= 4 is 23.0 Å². The molecule has 2 rings (SSSR count). The summed E-state index contributed by atoms with van der Waals surface area (Å²) in [5.74, 6) is 1.18. The van der Waals surface area contributed by atoms with Crippen LogP contribution in [0.2, 0.25) is 0 Å². The van der Waals surface area contributed by atoms with Crippen molar-refractivity contribution in [3.8, 4) is 0 Å². The van der Waals surface area contributed by atoms with Crippen LogP contribution in [0.3, 0.4) is 0 Å². The monoisotopic (exact) mass is 282 g/mol. The van der Waals surface area contributed by atoms with Crippen LogP contribution in [0.4, 0.5) is 0 Å². The van der Waals surface area contributed by atoms with Gasteiger partial charge in [-0.25, -0.2) is 0 Å². The van der Waals surface area contributed by atoms with E-state index in [1.54, 1.807) is 0 Å². The maximum Gasteiger partial charge on any atom is 0.0421 e. The Hall–Kier alpha value is -1.93. The van der Waals surface area contributed by atoms with E-state index < -0.39 is 10.8 Å². The van der Waals surface area contributed by atoms with Crippen molar-refractivity contribution in [1.82, 2.24) is 0 Å². The largest absolute Gasteiger partial charge is 0.259 e. The summed E-state index contributed by atoms with van der Waals surface area (Å²) in [7, 11) is -0.841. The van der Waals surface area contributed by atoms with Crippen molar-refractivity contribution in [2.75, 3.05) is 11.5 Å². The van der Waals surface area contributed by atoms with Gasteiger partial charge in [-0.2, -0.15) is 0 Å². The summed E-state index contributed by atoms with van der Waals surface area (Å²) >= 11 is 0. The Balaban J connectivity index is 1.76. The molecule has 0 unspecified atom stereocenters. The fraction of sp³-hybridized carbons (Fsp3) is 0.111. The first-order valence-corrected chi connectivity index (χ1v) is 8.11. The average Bonchev–Trinajstić information content (AvgIpc) is 2.49. The third kappa shape index (κ3) is 5.37. The van der Waals surface area contributed by atoms with Gasteiger partial charge in [-0.05, 0) is 11.1 Å². The molecular formula is C18H18OS. The molecule has 0 atom stereocenters. The van der Waals surface area contributed by atoms with Crippen LogP contribution in [0.15, 0.2) is 72.8 Å². The lowest BCUT2D eigenvalue weighted by atomic mass is 10.2. The molecule has 0 saturated heterocycles. The lowest BCUT2D eigenvalue weighted by molar-refractivity contribution is 0.687. The molecule has 0 N–H and O–H groups in total. The predicted molar refractivity (Wildman–Crippen MR) is 88.8 cm³/mol. The normalized spacial score (nSPS) is 13.0. The molecule has 0 amide bonds. The van der Waals surface area contributed by atoms with E-state index >= 15 is 0 Å². The van der Waals surface area contributed by atoms with E-state index in [1.807, 2.05) is 85.0 Å². The highest BCUT2D eigenvalue weighted by atomic mass is 32.2. The van der Waals surface area contributed by atoms with Crippen molar-refractivity contribution in [3.05, 3.63) is 83.9 Å². The van der Waals surface area contributed by atoms with Gasteiger partial charge in [0.25, 0.3) is 0 Å². The molecular weight excluding hydrogens is 264 g/mol. The number of benzene rings is 2. The molecule has 0 aliphatic rings. The van der Waals surface area contributed by atoms with E-state index in [4.69, 9.17) is 0 Å². The Morgan fingerprint density at radius 2 is 1.10 bits per heavy atom. The molecule has 2 heteroatoms. The second-order valence-electron chi connectivity index (χ2n) is 4.40. The lowest BCUT2D eigenvalue weighted by Crippen LogP contribution is -1.97. The summed E-state index contributed by atoms with van der Waals surface area (Å²) in [6.45, 7) is 0. The van der Waals surface area contributed by atoms with E-state index in [2.05, 4.69) is 0 Å². The molecule has 0 fully saturated rings. The van der Waals surface area contributed by atoms with Crippen LogP contribution < -0.4 is 0 Å². The van der Waals surface area contributed by atoms with Crippen LogP contribution in [0.5, 0.6) is 0 Å².